The van der Waals surface area contributed by atoms with Crippen molar-refractivity contribution in [2.45, 2.75) is 19.5 Å². The van der Waals surface area contributed by atoms with Gasteiger partial charge in [-0.25, -0.2) is 4.98 Å². The van der Waals surface area contributed by atoms with Crippen LogP contribution in [0.1, 0.15) is 26.6 Å². The molecule has 6 heteroatoms. The van der Waals surface area contributed by atoms with Gasteiger partial charge in [-0.3, -0.25) is 4.79 Å². The number of carbonyl (C=O) groups is 1. The van der Waals surface area contributed by atoms with E-state index in [1.54, 1.807) is 5.38 Å². The summed E-state index contributed by atoms with van der Waals surface area (Å²) in [6.07, 6.45) is 0.713. The standard InChI is InChI=1S/C16H22N4OS/c1-20(2)10-13-5-3-4-12(8-13)9-18-16(21)14-11-22-15(19-14)6-7-17/h3-5,8,11H,6-7,9-10,17H2,1-2H3,(H,18,21). The van der Waals surface area contributed by atoms with Gasteiger partial charge < -0.3 is 16.0 Å². The molecule has 0 aliphatic heterocycles. The van der Waals surface area contributed by atoms with Gasteiger partial charge in [-0.1, -0.05) is 24.3 Å². The summed E-state index contributed by atoms with van der Waals surface area (Å²) in [5.41, 5.74) is 8.28. The van der Waals surface area contributed by atoms with E-state index in [1.165, 1.54) is 16.9 Å². The molecule has 0 saturated heterocycles. The molecule has 2 rings (SSSR count). The highest BCUT2D eigenvalue weighted by atomic mass is 32.1. The van der Waals surface area contributed by atoms with E-state index >= 15 is 0 Å². The average Bonchev–Trinajstić information content (AvgIpc) is 2.94. The third-order valence-corrected chi connectivity index (χ3v) is 3.99. The zero-order chi connectivity index (χ0) is 15.9. The van der Waals surface area contributed by atoms with E-state index in [9.17, 15) is 4.79 Å². The molecule has 0 spiro atoms. The number of hydrogen-bond donors (Lipinski definition) is 2. The van der Waals surface area contributed by atoms with Crippen molar-refractivity contribution in [2.24, 2.45) is 5.73 Å². The molecular weight excluding hydrogens is 296 g/mol. The zero-order valence-electron chi connectivity index (χ0n) is 13.0. The predicted octanol–water partition coefficient (Wildman–Crippen LogP) is 1.64. The van der Waals surface area contributed by atoms with Gasteiger partial charge in [0.05, 0.1) is 5.01 Å². The van der Waals surface area contributed by atoms with Crippen molar-refractivity contribution in [3.63, 3.8) is 0 Å². The second kappa shape index (κ2) is 8.03. The molecule has 0 aliphatic rings. The topological polar surface area (TPSA) is 71.2 Å². The Hall–Kier alpha value is -1.76. The molecule has 0 bridgehead atoms. The fourth-order valence-corrected chi connectivity index (χ4v) is 2.92. The molecule has 1 heterocycles. The van der Waals surface area contributed by atoms with Crippen molar-refractivity contribution in [1.82, 2.24) is 15.2 Å². The smallest absolute Gasteiger partial charge is 0.271 e. The van der Waals surface area contributed by atoms with Gasteiger partial charge in [0, 0.05) is 24.9 Å². The van der Waals surface area contributed by atoms with E-state index < -0.39 is 0 Å². The normalized spacial score (nSPS) is 10.9. The second-order valence-electron chi connectivity index (χ2n) is 5.41. The number of carbonyl (C=O) groups excluding carboxylic acids is 1. The number of aromatic nitrogens is 1. The Bertz CT molecular complexity index is 624. The lowest BCUT2D eigenvalue weighted by Gasteiger charge is -2.11. The highest BCUT2D eigenvalue weighted by molar-refractivity contribution is 7.09. The Morgan fingerprint density at radius 2 is 2.14 bits per heavy atom. The van der Waals surface area contributed by atoms with Gasteiger partial charge >= 0.3 is 0 Å². The van der Waals surface area contributed by atoms with E-state index in [0.717, 1.165) is 17.1 Å². The number of nitrogens with two attached hydrogens (primary N) is 1. The number of benzene rings is 1. The minimum atomic E-state index is -0.141. The van der Waals surface area contributed by atoms with Crippen LogP contribution in [0.2, 0.25) is 0 Å². The molecule has 118 valence electrons. The number of amides is 1. The van der Waals surface area contributed by atoms with E-state index in [4.69, 9.17) is 5.73 Å². The largest absolute Gasteiger partial charge is 0.347 e. The van der Waals surface area contributed by atoms with E-state index in [0.29, 0.717) is 25.2 Å². The number of thiazole rings is 1. The first-order valence-corrected chi connectivity index (χ1v) is 8.11. The van der Waals surface area contributed by atoms with Gasteiger partial charge in [0.25, 0.3) is 5.91 Å². The molecule has 22 heavy (non-hydrogen) atoms. The molecular formula is C16H22N4OS. The van der Waals surface area contributed by atoms with Crippen LogP contribution in [0.5, 0.6) is 0 Å². The highest BCUT2D eigenvalue weighted by Gasteiger charge is 2.10. The quantitative estimate of drug-likeness (QED) is 0.814. The number of rotatable bonds is 7. The summed E-state index contributed by atoms with van der Waals surface area (Å²) >= 11 is 1.48. The first kappa shape index (κ1) is 16.6. The maximum absolute atomic E-state index is 12.1. The Labute approximate surface area is 135 Å². The molecule has 1 aromatic heterocycles. The van der Waals surface area contributed by atoms with Crippen LogP contribution >= 0.6 is 11.3 Å². The van der Waals surface area contributed by atoms with Crippen molar-refractivity contribution in [3.8, 4) is 0 Å². The fraction of sp³-hybridized carbons (Fsp3) is 0.375. The molecule has 0 unspecified atom stereocenters. The van der Waals surface area contributed by atoms with E-state index in [1.807, 2.05) is 26.2 Å². The molecule has 2 aromatic rings. The molecule has 5 nitrogen and oxygen atoms in total. The van der Waals surface area contributed by atoms with Gasteiger partial charge in [-0.15, -0.1) is 11.3 Å². The summed E-state index contributed by atoms with van der Waals surface area (Å²) in [5, 5.41) is 5.60. The van der Waals surface area contributed by atoms with Gasteiger partial charge in [0.2, 0.25) is 0 Å². The number of hydrogen-bond acceptors (Lipinski definition) is 5. The lowest BCUT2D eigenvalue weighted by Crippen LogP contribution is -2.23. The zero-order valence-corrected chi connectivity index (χ0v) is 13.8. The molecule has 0 atom stereocenters. The van der Waals surface area contributed by atoms with Crippen molar-refractivity contribution >= 4 is 17.2 Å². The van der Waals surface area contributed by atoms with Crippen molar-refractivity contribution in [3.05, 3.63) is 51.5 Å². The molecule has 0 fully saturated rings. The summed E-state index contributed by atoms with van der Waals surface area (Å²) in [6.45, 7) is 1.94. The van der Waals surface area contributed by atoms with Crippen LogP contribution in [-0.4, -0.2) is 36.4 Å². The Morgan fingerprint density at radius 1 is 1.36 bits per heavy atom. The Morgan fingerprint density at radius 3 is 2.86 bits per heavy atom. The van der Waals surface area contributed by atoms with Gasteiger partial charge in [0.1, 0.15) is 5.69 Å². The summed E-state index contributed by atoms with van der Waals surface area (Å²) in [4.78, 5) is 18.5. The third kappa shape index (κ3) is 4.91. The van der Waals surface area contributed by atoms with Crippen LogP contribution in [0, 0.1) is 0 Å². The highest BCUT2D eigenvalue weighted by Crippen LogP contribution is 2.11. The van der Waals surface area contributed by atoms with Crippen molar-refractivity contribution in [2.75, 3.05) is 20.6 Å². The molecule has 0 saturated carbocycles. The summed E-state index contributed by atoms with van der Waals surface area (Å²) in [6, 6.07) is 8.23. The average molecular weight is 318 g/mol. The van der Waals surface area contributed by atoms with Crippen LogP contribution < -0.4 is 11.1 Å². The van der Waals surface area contributed by atoms with Crippen LogP contribution in [0.4, 0.5) is 0 Å². The van der Waals surface area contributed by atoms with Crippen LogP contribution in [0.15, 0.2) is 29.6 Å². The number of nitrogens with one attached hydrogen (secondary N) is 1. The SMILES string of the molecule is CN(C)Cc1cccc(CNC(=O)c2csc(CCN)n2)c1. The van der Waals surface area contributed by atoms with Crippen molar-refractivity contribution in [1.29, 1.82) is 0 Å². The third-order valence-electron chi connectivity index (χ3n) is 3.09. The van der Waals surface area contributed by atoms with E-state index in [2.05, 4.69) is 27.3 Å². The fourth-order valence-electron chi connectivity index (χ4n) is 2.13. The van der Waals surface area contributed by atoms with Crippen LogP contribution in [-0.2, 0) is 19.5 Å². The Balaban J connectivity index is 1.92. The maximum atomic E-state index is 12.1. The lowest BCUT2D eigenvalue weighted by molar-refractivity contribution is 0.0946. The first-order chi connectivity index (χ1) is 10.6. The minimum absolute atomic E-state index is 0.141. The van der Waals surface area contributed by atoms with Crippen LogP contribution in [0.25, 0.3) is 0 Å². The van der Waals surface area contributed by atoms with Gasteiger partial charge in [0.15, 0.2) is 0 Å². The second-order valence-corrected chi connectivity index (χ2v) is 6.35. The monoisotopic (exact) mass is 318 g/mol. The predicted molar refractivity (Wildman–Crippen MR) is 89.9 cm³/mol. The number of nitrogens with zero attached hydrogens (tertiary/aromatic N) is 2. The molecule has 0 radical (unpaired) electrons. The summed E-state index contributed by atoms with van der Waals surface area (Å²) in [5.74, 6) is -0.141. The summed E-state index contributed by atoms with van der Waals surface area (Å²) in [7, 11) is 4.07. The molecule has 3 N–H and O–H groups in total. The van der Waals surface area contributed by atoms with Crippen molar-refractivity contribution < 1.29 is 4.79 Å². The molecule has 1 aromatic carbocycles. The van der Waals surface area contributed by atoms with Gasteiger partial charge in [-0.05, 0) is 31.8 Å². The maximum Gasteiger partial charge on any atom is 0.271 e. The lowest BCUT2D eigenvalue weighted by atomic mass is 10.1. The molecule has 1 amide bonds. The van der Waals surface area contributed by atoms with Gasteiger partial charge in [-0.2, -0.15) is 0 Å². The minimum Gasteiger partial charge on any atom is -0.347 e. The first-order valence-electron chi connectivity index (χ1n) is 7.23. The van der Waals surface area contributed by atoms with E-state index in [-0.39, 0.29) is 5.91 Å². The Kier molecular flexibility index (Phi) is 6.06. The summed E-state index contributed by atoms with van der Waals surface area (Å²) < 4.78 is 0. The van der Waals surface area contributed by atoms with Crippen LogP contribution in [0.3, 0.4) is 0 Å². The molecule has 0 aliphatic carbocycles.